The Morgan fingerprint density at radius 1 is 1.43 bits per heavy atom. The fourth-order valence-electron chi connectivity index (χ4n) is 1.79. The zero-order chi connectivity index (χ0) is 10.6. The third-order valence-electron chi connectivity index (χ3n) is 2.79. The molecule has 1 aromatic heterocycles. The quantitative estimate of drug-likeness (QED) is 0.792. The van der Waals surface area contributed by atoms with Crippen molar-refractivity contribution in [3.05, 3.63) is 29.6 Å². The first-order valence-electron chi connectivity index (χ1n) is 5.29. The first kappa shape index (κ1) is 11.2. The van der Waals surface area contributed by atoms with Crippen LogP contribution in [0.5, 0.6) is 0 Å². The summed E-state index contributed by atoms with van der Waals surface area (Å²) >= 11 is 0. The van der Waals surface area contributed by atoms with Gasteiger partial charge in [0, 0.05) is 23.3 Å². The minimum Gasteiger partial charge on any atom is -0.317 e. The van der Waals surface area contributed by atoms with Gasteiger partial charge in [-0.2, -0.15) is 0 Å². The molecule has 0 spiro atoms. The Balaban J connectivity index is 2.89. The predicted molar refractivity (Wildman–Crippen MR) is 60.5 cm³/mol. The topological polar surface area (TPSA) is 24.9 Å². The SMILES string of the molecule is CCC(c1cccc(C)n1)C(C)NC. The number of hydrogen-bond acceptors (Lipinski definition) is 2. The predicted octanol–water partition coefficient (Wildman–Crippen LogP) is 2.49. The molecule has 1 aromatic rings. The summed E-state index contributed by atoms with van der Waals surface area (Å²) in [5.74, 6) is 0.514. The van der Waals surface area contributed by atoms with Crippen LogP contribution in [0.4, 0.5) is 0 Å². The molecule has 1 rings (SSSR count). The van der Waals surface area contributed by atoms with Gasteiger partial charge in [-0.05, 0) is 39.4 Å². The van der Waals surface area contributed by atoms with E-state index in [9.17, 15) is 0 Å². The van der Waals surface area contributed by atoms with E-state index in [4.69, 9.17) is 0 Å². The van der Waals surface area contributed by atoms with Gasteiger partial charge in [0.05, 0.1) is 0 Å². The van der Waals surface area contributed by atoms with E-state index in [1.54, 1.807) is 0 Å². The van der Waals surface area contributed by atoms with Gasteiger partial charge in [-0.1, -0.05) is 13.0 Å². The smallest absolute Gasteiger partial charge is 0.0453 e. The first-order chi connectivity index (χ1) is 6.69. The molecule has 0 fully saturated rings. The maximum absolute atomic E-state index is 4.57. The average Bonchev–Trinajstić information content (AvgIpc) is 2.19. The Labute approximate surface area is 86.8 Å². The van der Waals surface area contributed by atoms with Crippen LogP contribution >= 0.6 is 0 Å². The lowest BCUT2D eigenvalue weighted by molar-refractivity contribution is 0.473. The van der Waals surface area contributed by atoms with Crippen LogP contribution in [0.15, 0.2) is 18.2 Å². The minimum atomic E-state index is 0.481. The molecule has 0 aliphatic carbocycles. The monoisotopic (exact) mass is 192 g/mol. The van der Waals surface area contributed by atoms with E-state index < -0.39 is 0 Å². The molecule has 0 amide bonds. The Morgan fingerprint density at radius 2 is 2.14 bits per heavy atom. The van der Waals surface area contributed by atoms with Crippen LogP contribution in [0.1, 0.15) is 37.6 Å². The van der Waals surface area contributed by atoms with Crippen molar-refractivity contribution in [1.82, 2.24) is 10.3 Å². The normalized spacial score (nSPS) is 15.1. The largest absolute Gasteiger partial charge is 0.317 e. The van der Waals surface area contributed by atoms with Crippen LogP contribution in [0.3, 0.4) is 0 Å². The molecule has 0 radical (unpaired) electrons. The van der Waals surface area contributed by atoms with Gasteiger partial charge in [0.1, 0.15) is 0 Å². The number of aromatic nitrogens is 1. The number of rotatable bonds is 4. The Bertz CT molecular complexity index is 283. The van der Waals surface area contributed by atoms with Crippen LogP contribution in [0, 0.1) is 6.92 Å². The number of hydrogen-bond donors (Lipinski definition) is 1. The summed E-state index contributed by atoms with van der Waals surface area (Å²) in [7, 11) is 2.00. The molecular weight excluding hydrogens is 172 g/mol. The molecule has 2 heteroatoms. The molecule has 2 atom stereocenters. The van der Waals surface area contributed by atoms with Crippen molar-refractivity contribution in [2.24, 2.45) is 0 Å². The van der Waals surface area contributed by atoms with Gasteiger partial charge in [-0.25, -0.2) is 0 Å². The van der Waals surface area contributed by atoms with Gasteiger partial charge in [0.2, 0.25) is 0 Å². The van der Waals surface area contributed by atoms with Crippen molar-refractivity contribution in [3.8, 4) is 0 Å². The third-order valence-corrected chi connectivity index (χ3v) is 2.79. The summed E-state index contributed by atoms with van der Waals surface area (Å²) in [6, 6.07) is 6.73. The van der Waals surface area contributed by atoms with Crippen LogP contribution < -0.4 is 5.32 Å². The summed E-state index contributed by atoms with van der Waals surface area (Å²) in [5, 5.41) is 3.29. The summed E-state index contributed by atoms with van der Waals surface area (Å²) in [6.45, 7) is 6.46. The zero-order valence-electron chi connectivity index (χ0n) is 9.54. The van der Waals surface area contributed by atoms with Gasteiger partial charge >= 0.3 is 0 Å². The second-order valence-corrected chi connectivity index (χ2v) is 3.80. The molecule has 0 bridgehead atoms. The van der Waals surface area contributed by atoms with Crippen molar-refractivity contribution >= 4 is 0 Å². The second kappa shape index (κ2) is 5.11. The Hall–Kier alpha value is -0.890. The van der Waals surface area contributed by atoms with E-state index in [0.29, 0.717) is 12.0 Å². The van der Waals surface area contributed by atoms with E-state index in [-0.39, 0.29) is 0 Å². The van der Waals surface area contributed by atoms with Gasteiger partial charge < -0.3 is 5.32 Å². The van der Waals surface area contributed by atoms with Crippen molar-refractivity contribution in [2.45, 2.75) is 39.2 Å². The zero-order valence-corrected chi connectivity index (χ0v) is 9.54. The number of nitrogens with zero attached hydrogens (tertiary/aromatic N) is 1. The Morgan fingerprint density at radius 3 is 2.64 bits per heavy atom. The summed E-state index contributed by atoms with van der Waals surface area (Å²) in [4.78, 5) is 4.57. The summed E-state index contributed by atoms with van der Waals surface area (Å²) in [6.07, 6.45) is 1.12. The lowest BCUT2D eigenvalue weighted by Gasteiger charge is -2.21. The number of nitrogens with one attached hydrogen (secondary N) is 1. The molecular formula is C12H20N2. The molecule has 0 aliphatic heterocycles. The lowest BCUT2D eigenvalue weighted by Crippen LogP contribution is -2.29. The highest BCUT2D eigenvalue weighted by Crippen LogP contribution is 2.21. The number of aryl methyl sites for hydroxylation is 1. The molecule has 1 N–H and O–H groups in total. The number of pyridine rings is 1. The average molecular weight is 192 g/mol. The highest BCUT2D eigenvalue weighted by atomic mass is 14.9. The molecule has 14 heavy (non-hydrogen) atoms. The van der Waals surface area contributed by atoms with E-state index in [2.05, 4.69) is 36.3 Å². The van der Waals surface area contributed by atoms with Crippen molar-refractivity contribution in [2.75, 3.05) is 7.05 Å². The van der Waals surface area contributed by atoms with E-state index in [1.165, 1.54) is 5.69 Å². The molecule has 2 nitrogen and oxygen atoms in total. The first-order valence-corrected chi connectivity index (χ1v) is 5.29. The van der Waals surface area contributed by atoms with Crippen molar-refractivity contribution in [1.29, 1.82) is 0 Å². The van der Waals surface area contributed by atoms with Crippen LogP contribution in [-0.4, -0.2) is 18.1 Å². The fourth-order valence-corrected chi connectivity index (χ4v) is 1.79. The van der Waals surface area contributed by atoms with Crippen LogP contribution in [0.25, 0.3) is 0 Å². The van der Waals surface area contributed by atoms with Crippen molar-refractivity contribution in [3.63, 3.8) is 0 Å². The lowest BCUT2D eigenvalue weighted by atomic mass is 9.94. The number of likely N-dealkylation sites (N-methyl/N-ethyl adjacent to an activating group) is 1. The van der Waals surface area contributed by atoms with Gasteiger partial charge in [-0.3, -0.25) is 4.98 Å². The summed E-state index contributed by atoms with van der Waals surface area (Å²) in [5.41, 5.74) is 2.30. The van der Waals surface area contributed by atoms with E-state index in [0.717, 1.165) is 12.1 Å². The molecule has 0 aliphatic rings. The van der Waals surface area contributed by atoms with E-state index >= 15 is 0 Å². The minimum absolute atomic E-state index is 0.481. The molecule has 0 aromatic carbocycles. The maximum atomic E-state index is 4.57. The molecule has 0 saturated heterocycles. The molecule has 0 saturated carbocycles. The fraction of sp³-hybridized carbons (Fsp3) is 0.583. The highest BCUT2D eigenvalue weighted by molar-refractivity contribution is 5.15. The second-order valence-electron chi connectivity index (χ2n) is 3.80. The summed E-state index contributed by atoms with van der Waals surface area (Å²) < 4.78 is 0. The van der Waals surface area contributed by atoms with Gasteiger partial charge in [0.15, 0.2) is 0 Å². The maximum Gasteiger partial charge on any atom is 0.0453 e. The third kappa shape index (κ3) is 2.55. The molecule has 78 valence electrons. The molecule has 1 heterocycles. The molecule has 2 unspecified atom stereocenters. The standard InChI is InChI=1S/C12H20N2/c1-5-11(10(3)13-4)12-8-6-7-9(2)14-12/h6-8,10-11,13H,5H2,1-4H3. The van der Waals surface area contributed by atoms with Gasteiger partial charge in [0.25, 0.3) is 0 Å². The highest BCUT2D eigenvalue weighted by Gasteiger charge is 2.16. The Kier molecular flexibility index (Phi) is 4.08. The van der Waals surface area contributed by atoms with E-state index in [1.807, 2.05) is 20.0 Å². The van der Waals surface area contributed by atoms with Crippen molar-refractivity contribution < 1.29 is 0 Å². The van der Waals surface area contributed by atoms with Crippen LogP contribution in [-0.2, 0) is 0 Å². The van der Waals surface area contributed by atoms with Gasteiger partial charge in [-0.15, -0.1) is 0 Å². The van der Waals surface area contributed by atoms with Crippen LogP contribution in [0.2, 0.25) is 0 Å².